The molecule has 2 N–H and O–H groups in total. The van der Waals surface area contributed by atoms with Crippen LogP contribution in [0.5, 0.6) is 5.75 Å². The fraction of sp³-hybridized carbons (Fsp3) is 0.160. The zero-order valence-electron chi connectivity index (χ0n) is 17.5. The molecule has 5 rings (SSSR count). The molecular weight excluding hydrogens is 425 g/mol. The first-order valence-corrected chi connectivity index (χ1v) is 10.4. The summed E-state index contributed by atoms with van der Waals surface area (Å²) in [5.41, 5.74) is 1.18. The number of hydrogen-bond donors (Lipinski definition) is 2. The maximum atomic E-state index is 13.5. The first-order valence-electron chi connectivity index (χ1n) is 10.4. The van der Waals surface area contributed by atoms with E-state index in [2.05, 4.69) is 10.6 Å². The van der Waals surface area contributed by atoms with Gasteiger partial charge in [0.2, 0.25) is 0 Å². The molecule has 8 heteroatoms. The molecule has 2 aliphatic heterocycles. The lowest BCUT2D eigenvalue weighted by Gasteiger charge is -2.31. The minimum Gasteiger partial charge on any atom is -0.489 e. The molecule has 0 spiro atoms. The van der Waals surface area contributed by atoms with Crippen LogP contribution in [0.25, 0.3) is 0 Å². The van der Waals surface area contributed by atoms with Crippen LogP contribution in [0, 0.1) is 5.82 Å². The van der Waals surface area contributed by atoms with Crippen LogP contribution >= 0.6 is 0 Å². The topological polar surface area (TPSA) is 87.7 Å². The largest absolute Gasteiger partial charge is 0.489 e. The smallest absolute Gasteiger partial charge is 0.322 e. The molecule has 2 aliphatic rings. The van der Waals surface area contributed by atoms with Crippen molar-refractivity contribution in [3.05, 3.63) is 101 Å². The number of urea groups is 1. The van der Waals surface area contributed by atoms with Crippen molar-refractivity contribution in [2.45, 2.75) is 18.7 Å². The molecule has 2 heterocycles. The summed E-state index contributed by atoms with van der Waals surface area (Å²) in [6.07, 6.45) is 0. The Kier molecular flexibility index (Phi) is 5.05. The SMILES string of the molecule is O=C1NC(=O)[C@](CN2Cc3ccc(OCc4ccccc4)cc3C2=O)(c2ccc(F)cc2)N1. The third-order valence-electron chi connectivity index (χ3n) is 5.92. The second-order valence-corrected chi connectivity index (χ2v) is 8.07. The number of carbonyl (C=O) groups excluding carboxylic acids is 3. The first-order chi connectivity index (χ1) is 15.9. The minimum absolute atomic E-state index is 0.0933. The highest BCUT2D eigenvalue weighted by molar-refractivity contribution is 6.08. The molecule has 7 nitrogen and oxygen atoms in total. The van der Waals surface area contributed by atoms with E-state index < -0.39 is 23.3 Å². The Morgan fingerprint density at radius 2 is 1.73 bits per heavy atom. The average Bonchev–Trinajstić information content (AvgIpc) is 3.28. The van der Waals surface area contributed by atoms with E-state index in [1.165, 1.54) is 29.2 Å². The van der Waals surface area contributed by atoms with Gasteiger partial charge in [0.05, 0.1) is 6.54 Å². The highest BCUT2D eigenvalue weighted by atomic mass is 19.1. The fourth-order valence-corrected chi connectivity index (χ4v) is 4.22. The minimum atomic E-state index is -1.50. The van der Waals surface area contributed by atoms with Crippen LogP contribution in [0.2, 0.25) is 0 Å². The molecule has 3 aromatic rings. The molecule has 0 radical (unpaired) electrons. The number of halogens is 1. The van der Waals surface area contributed by atoms with E-state index >= 15 is 0 Å². The van der Waals surface area contributed by atoms with Gasteiger partial charge in [0.25, 0.3) is 11.8 Å². The maximum Gasteiger partial charge on any atom is 0.322 e. The van der Waals surface area contributed by atoms with Crippen molar-refractivity contribution in [2.75, 3.05) is 6.54 Å². The number of rotatable bonds is 6. The highest BCUT2D eigenvalue weighted by Gasteiger charge is 2.50. The zero-order valence-corrected chi connectivity index (χ0v) is 17.5. The molecule has 0 aromatic heterocycles. The van der Waals surface area contributed by atoms with E-state index in [4.69, 9.17) is 4.74 Å². The standard InChI is InChI=1S/C25H20FN3O4/c26-19-9-7-18(8-10-19)25(23(31)27-24(32)28-25)15-29-13-17-6-11-20(12-21(17)22(29)30)33-14-16-4-2-1-3-5-16/h1-12H,13-15H2,(H2,27,28,31,32)/t25-/m0/s1. The number of nitrogens with one attached hydrogen (secondary N) is 2. The van der Waals surface area contributed by atoms with E-state index in [0.29, 0.717) is 23.5 Å². The number of nitrogens with zero attached hydrogens (tertiary/aromatic N) is 1. The normalized spacial score (nSPS) is 19.3. The molecule has 3 aromatic carbocycles. The fourth-order valence-electron chi connectivity index (χ4n) is 4.22. The molecule has 1 fully saturated rings. The van der Waals surface area contributed by atoms with Crippen molar-refractivity contribution in [2.24, 2.45) is 0 Å². The van der Waals surface area contributed by atoms with Gasteiger partial charge in [-0.05, 0) is 41.0 Å². The lowest BCUT2D eigenvalue weighted by atomic mass is 9.89. The van der Waals surface area contributed by atoms with Crippen molar-refractivity contribution in [1.82, 2.24) is 15.5 Å². The van der Waals surface area contributed by atoms with Gasteiger partial charge in [-0.1, -0.05) is 48.5 Å². The van der Waals surface area contributed by atoms with Crippen LogP contribution in [0.4, 0.5) is 9.18 Å². The molecule has 1 saturated heterocycles. The van der Waals surface area contributed by atoms with Crippen molar-refractivity contribution in [3.63, 3.8) is 0 Å². The second kappa shape index (κ2) is 8.05. The van der Waals surface area contributed by atoms with Crippen LogP contribution < -0.4 is 15.4 Å². The summed E-state index contributed by atoms with van der Waals surface area (Å²) in [6, 6.07) is 19.7. The zero-order chi connectivity index (χ0) is 23.0. The average molecular weight is 445 g/mol. The number of fused-ring (bicyclic) bond motifs is 1. The molecule has 0 unspecified atom stereocenters. The quantitative estimate of drug-likeness (QED) is 0.571. The van der Waals surface area contributed by atoms with Crippen molar-refractivity contribution in [3.8, 4) is 5.75 Å². The first kappa shape index (κ1) is 20.7. The molecule has 166 valence electrons. The predicted molar refractivity (Wildman–Crippen MR) is 117 cm³/mol. The van der Waals surface area contributed by atoms with Gasteiger partial charge in [-0.2, -0.15) is 0 Å². The summed E-state index contributed by atoms with van der Waals surface area (Å²) in [5.74, 6) is -0.764. The number of amides is 4. The third kappa shape index (κ3) is 3.80. The van der Waals surface area contributed by atoms with E-state index in [1.807, 2.05) is 36.4 Å². The Bertz CT molecular complexity index is 1250. The van der Waals surface area contributed by atoms with Gasteiger partial charge in [-0.3, -0.25) is 14.9 Å². The molecule has 1 atom stereocenters. The summed E-state index contributed by atoms with van der Waals surface area (Å²) in [5, 5.41) is 4.87. The van der Waals surface area contributed by atoms with Crippen molar-refractivity contribution >= 4 is 17.8 Å². The second-order valence-electron chi connectivity index (χ2n) is 8.07. The number of hydrogen-bond acceptors (Lipinski definition) is 4. The summed E-state index contributed by atoms with van der Waals surface area (Å²) in [6.45, 7) is 0.556. The Labute approximate surface area is 189 Å². The Morgan fingerprint density at radius 1 is 0.970 bits per heavy atom. The monoisotopic (exact) mass is 445 g/mol. The van der Waals surface area contributed by atoms with Crippen LogP contribution in [0.3, 0.4) is 0 Å². The Hall–Kier alpha value is -4.20. The Balaban J connectivity index is 1.38. The molecule has 0 bridgehead atoms. The van der Waals surface area contributed by atoms with Crippen molar-refractivity contribution < 1.29 is 23.5 Å². The lowest BCUT2D eigenvalue weighted by molar-refractivity contribution is -0.124. The molecular formula is C25H20FN3O4. The highest BCUT2D eigenvalue weighted by Crippen LogP contribution is 2.32. The Morgan fingerprint density at radius 3 is 2.42 bits per heavy atom. The molecule has 4 amide bonds. The third-order valence-corrected chi connectivity index (χ3v) is 5.92. The summed E-state index contributed by atoms with van der Waals surface area (Å²) in [4.78, 5) is 39.5. The number of imide groups is 1. The number of carbonyl (C=O) groups is 3. The van der Waals surface area contributed by atoms with Gasteiger partial charge in [0.1, 0.15) is 18.2 Å². The van der Waals surface area contributed by atoms with Gasteiger partial charge < -0.3 is 15.0 Å². The summed E-state index contributed by atoms with van der Waals surface area (Å²) < 4.78 is 19.3. The van der Waals surface area contributed by atoms with E-state index in [0.717, 1.165) is 11.1 Å². The van der Waals surface area contributed by atoms with Gasteiger partial charge in [-0.15, -0.1) is 0 Å². The number of ether oxygens (including phenoxy) is 1. The predicted octanol–water partition coefficient (Wildman–Crippen LogP) is 3.10. The van der Waals surface area contributed by atoms with E-state index in [-0.39, 0.29) is 19.0 Å². The van der Waals surface area contributed by atoms with Crippen LogP contribution in [0.15, 0.2) is 72.8 Å². The lowest BCUT2D eigenvalue weighted by Crippen LogP contribution is -2.52. The van der Waals surface area contributed by atoms with Crippen LogP contribution in [0.1, 0.15) is 27.0 Å². The summed E-state index contributed by atoms with van der Waals surface area (Å²) >= 11 is 0. The van der Waals surface area contributed by atoms with E-state index in [9.17, 15) is 18.8 Å². The molecule has 0 saturated carbocycles. The van der Waals surface area contributed by atoms with Gasteiger partial charge in [-0.25, -0.2) is 9.18 Å². The van der Waals surface area contributed by atoms with Crippen LogP contribution in [-0.4, -0.2) is 29.3 Å². The molecule has 33 heavy (non-hydrogen) atoms. The maximum absolute atomic E-state index is 13.5. The summed E-state index contributed by atoms with van der Waals surface area (Å²) in [7, 11) is 0. The van der Waals surface area contributed by atoms with Crippen molar-refractivity contribution in [1.29, 1.82) is 0 Å². The molecule has 0 aliphatic carbocycles. The van der Waals surface area contributed by atoms with Gasteiger partial charge in [0.15, 0.2) is 5.54 Å². The van der Waals surface area contributed by atoms with Crippen LogP contribution in [-0.2, 0) is 23.5 Å². The van der Waals surface area contributed by atoms with Gasteiger partial charge >= 0.3 is 6.03 Å². The van der Waals surface area contributed by atoms with Gasteiger partial charge in [0, 0.05) is 12.1 Å². The number of benzene rings is 3. The van der Waals surface area contributed by atoms with E-state index in [1.54, 1.807) is 12.1 Å².